The first-order chi connectivity index (χ1) is 13.7. The number of unbranched alkanes of at least 4 members (excludes halogenated alkanes) is 3. The number of ether oxygens (including phenoxy) is 1. The van der Waals surface area contributed by atoms with E-state index in [0.717, 1.165) is 51.3 Å². The third-order valence-electron chi connectivity index (χ3n) is 6.01. The zero-order valence-corrected chi connectivity index (χ0v) is 17.2. The molecule has 1 fully saturated rings. The number of benzene rings is 2. The van der Waals surface area contributed by atoms with Crippen molar-refractivity contribution in [3.05, 3.63) is 71.8 Å². The van der Waals surface area contributed by atoms with Crippen molar-refractivity contribution in [2.75, 3.05) is 32.8 Å². The lowest BCUT2D eigenvalue weighted by atomic mass is 9.74. The lowest BCUT2D eigenvalue weighted by Crippen LogP contribution is -2.45. The van der Waals surface area contributed by atoms with Crippen LogP contribution in [0.5, 0.6) is 0 Å². The molecule has 2 aromatic carbocycles. The van der Waals surface area contributed by atoms with E-state index < -0.39 is 5.60 Å². The zero-order valence-electron chi connectivity index (χ0n) is 17.2. The second-order valence-electron chi connectivity index (χ2n) is 7.98. The molecule has 0 unspecified atom stereocenters. The van der Waals surface area contributed by atoms with Crippen LogP contribution in [-0.2, 0) is 10.3 Å². The number of nitrogens with zero attached hydrogens (tertiary/aromatic N) is 1. The van der Waals surface area contributed by atoms with Gasteiger partial charge in [-0.05, 0) is 17.5 Å². The van der Waals surface area contributed by atoms with Crippen molar-refractivity contribution in [3.63, 3.8) is 0 Å². The molecule has 0 radical (unpaired) electrons. The van der Waals surface area contributed by atoms with Crippen LogP contribution in [-0.4, -0.2) is 42.9 Å². The van der Waals surface area contributed by atoms with E-state index in [1.165, 1.54) is 24.8 Å². The predicted octanol–water partition coefficient (Wildman–Crippen LogP) is 4.96. The Kier molecular flexibility index (Phi) is 8.08. The first-order valence-corrected chi connectivity index (χ1v) is 10.9. The van der Waals surface area contributed by atoms with Crippen molar-refractivity contribution in [1.82, 2.24) is 4.90 Å². The van der Waals surface area contributed by atoms with Gasteiger partial charge in [0.1, 0.15) is 0 Å². The molecule has 0 aromatic heterocycles. The van der Waals surface area contributed by atoms with E-state index in [1.54, 1.807) is 0 Å². The normalized spacial score (nSPS) is 18.5. The first-order valence-electron chi connectivity index (χ1n) is 10.9. The number of hydrogen-bond acceptors (Lipinski definition) is 3. The standard InChI is InChI=1S/C25H35NO2/c1-2-3-4-11-16-25(27,23-14-9-6-10-15-23)24(22-12-7-5-8-13-22)21-26-17-19-28-20-18-26/h5-10,12-15,24,27H,2-4,11,16-21H2,1H3/t24-,25+/m0/s1. The lowest BCUT2D eigenvalue weighted by molar-refractivity contribution is -0.0296. The van der Waals surface area contributed by atoms with Crippen LogP contribution < -0.4 is 0 Å². The van der Waals surface area contributed by atoms with Crippen molar-refractivity contribution in [2.24, 2.45) is 0 Å². The van der Waals surface area contributed by atoms with E-state index in [9.17, 15) is 5.11 Å². The Bertz CT molecular complexity index is 669. The van der Waals surface area contributed by atoms with E-state index in [1.807, 2.05) is 18.2 Å². The molecule has 1 heterocycles. The molecule has 0 aliphatic carbocycles. The molecule has 0 saturated carbocycles. The Morgan fingerprint density at radius 3 is 2.21 bits per heavy atom. The largest absolute Gasteiger partial charge is 0.384 e. The minimum Gasteiger partial charge on any atom is -0.384 e. The van der Waals surface area contributed by atoms with Crippen LogP contribution in [0, 0.1) is 0 Å². The van der Waals surface area contributed by atoms with Gasteiger partial charge in [0.25, 0.3) is 0 Å². The monoisotopic (exact) mass is 381 g/mol. The maximum Gasteiger partial charge on any atom is 0.0977 e. The summed E-state index contributed by atoms with van der Waals surface area (Å²) in [6.45, 7) is 6.51. The molecule has 1 N–H and O–H groups in total. The van der Waals surface area contributed by atoms with Crippen molar-refractivity contribution >= 4 is 0 Å². The SMILES string of the molecule is CCCCCC[C@@](O)(c1ccccc1)[C@@H](CN1CCOCC1)c1ccccc1. The maximum atomic E-state index is 12.2. The molecule has 2 aromatic rings. The van der Waals surface area contributed by atoms with Crippen LogP contribution in [0.4, 0.5) is 0 Å². The molecule has 2 atom stereocenters. The topological polar surface area (TPSA) is 32.7 Å². The van der Waals surface area contributed by atoms with Crippen LogP contribution in [0.2, 0.25) is 0 Å². The fourth-order valence-corrected chi connectivity index (χ4v) is 4.33. The van der Waals surface area contributed by atoms with Crippen LogP contribution in [0.25, 0.3) is 0 Å². The lowest BCUT2D eigenvalue weighted by Gasteiger charge is -2.41. The highest BCUT2D eigenvalue weighted by molar-refractivity contribution is 5.31. The molecule has 1 saturated heterocycles. The molecular formula is C25H35NO2. The average molecular weight is 382 g/mol. The number of morpholine rings is 1. The van der Waals surface area contributed by atoms with E-state index in [4.69, 9.17) is 4.74 Å². The number of rotatable bonds is 10. The van der Waals surface area contributed by atoms with Gasteiger partial charge in [0.2, 0.25) is 0 Å². The summed E-state index contributed by atoms with van der Waals surface area (Å²) in [7, 11) is 0. The summed E-state index contributed by atoms with van der Waals surface area (Å²) in [5.41, 5.74) is 1.39. The highest BCUT2D eigenvalue weighted by Crippen LogP contribution is 2.41. The van der Waals surface area contributed by atoms with E-state index in [-0.39, 0.29) is 5.92 Å². The molecule has 3 rings (SSSR count). The second-order valence-corrected chi connectivity index (χ2v) is 7.98. The summed E-state index contributed by atoms with van der Waals surface area (Å²) in [5, 5.41) is 12.2. The quantitative estimate of drug-likeness (QED) is 0.590. The molecule has 3 nitrogen and oxygen atoms in total. The van der Waals surface area contributed by atoms with Gasteiger partial charge in [0, 0.05) is 25.6 Å². The molecule has 0 bridgehead atoms. The third-order valence-corrected chi connectivity index (χ3v) is 6.01. The van der Waals surface area contributed by atoms with Gasteiger partial charge in [-0.25, -0.2) is 0 Å². The van der Waals surface area contributed by atoms with Gasteiger partial charge in [-0.2, -0.15) is 0 Å². The highest BCUT2D eigenvalue weighted by Gasteiger charge is 2.39. The molecule has 0 amide bonds. The minimum atomic E-state index is -0.866. The number of hydrogen-bond donors (Lipinski definition) is 1. The van der Waals surface area contributed by atoms with Gasteiger partial charge in [-0.3, -0.25) is 4.90 Å². The molecule has 1 aliphatic rings. The molecule has 1 aliphatic heterocycles. The van der Waals surface area contributed by atoms with Crippen molar-refractivity contribution in [3.8, 4) is 0 Å². The summed E-state index contributed by atoms with van der Waals surface area (Å²) in [6.07, 6.45) is 5.45. The van der Waals surface area contributed by atoms with Crippen LogP contribution >= 0.6 is 0 Å². The van der Waals surface area contributed by atoms with Gasteiger partial charge in [0.15, 0.2) is 0 Å². The first kappa shape index (κ1) is 21.0. The van der Waals surface area contributed by atoms with Crippen molar-refractivity contribution in [1.29, 1.82) is 0 Å². The fraction of sp³-hybridized carbons (Fsp3) is 0.520. The minimum absolute atomic E-state index is 0.0378. The molecule has 0 spiro atoms. The Labute approximate surface area is 170 Å². The van der Waals surface area contributed by atoms with E-state index >= 15 is 0 Å². The average Bonchev–Trinajstić information content (AvgIpc) is 2.77. The molecule has 28 heavy (non-hydrogen) atoms. The van der Waals surface area contributed by atoms with Gasteiger partial charge in [-0.1, -0.05) is 93.3 Å². The molecule has 152 valence electrons. The Balaban J connectivity index is 1.92. The Morgan fingerprint density at radius 1 is 0.929 bits per heavy atom. The van der Waals surface area contributed by atoms with Gasteiger partial charge >= 0.3 is 0 Å². The Hall–Kier alpha value is -1.68. The van der Waals surface area contributed by atoms with E-state index in [0.29, 0.717) is 0 Å². The van der Waals surface area contributed by atoms with Gasteiger partial charge in [-0.15, -0.1) is 0 Å². The highest BCUT2D eigenvalue weighted by atomic mass is 16.5. The predicted molar refractivity (Wildman–Crippen MR) is 116 cm³/mol. The van der Waals surface area contributed by atoms with Gasteiger partial charge in [0.05, 0.1) is 18.8 Å². The fourth-order valence-electron chi connectivity index (χ4n) is 4.33. The van der Waals surface area contributed by atoms with Crippen LogP contribution in [0.3, 0.4) is 0 Å². The van der Waals surface area contributed by atoms with Crippen LogP contribution in [0.1, 0.15) is 56.1 Å². The van der Waals surface area contributed by atoms with Crippen molar-refractivity contribution in [2.45, 2.75) is 50.5 Å². The molecular weight excluding hydrogens is 346 g/mol. The summed E-state index contributed by atoms with van der Waals surface area (Å²) in [5.74, 6) is 0.0378. The smallest absolute Gasteiger partial charge is 0.0977 e. The zero-order chi connectivity index (χ0) is 19.7. The Morgan fingerprint density at radius 2 is 1.57 bits per heavy atom. The summed E-state index contributed by atoms with van der Waals surface area (Å²) in [4.78, 5) is 2.45. The summed E-state index contributed by atoms with van der Waals surface area (Å²) in [6, 6.07) is 20.9. The maximum absolute atomic E-state index is 12.2. The number of aliphatic hydroxyl groups is 1. The second kappa shape index (κ2) is 10.8. The van der Waals surface area contributed by atoms with E-state index in [2.05, 4.69) is 54.3 Å². The van der Waals surface area contributed by atoms with Gasteiger partial charge < -0.3 is 9.84 Å². The van der Waals surface area contributed by atoms with Crippen molar-refractivity contribution < 1.29 is 9.84 Å². The summed E-state index contributed by atoms with van der Waals surface area (Å²) < 4.78 is 5.54. The summed E-state index contributed by atoms with van der Waals surface area (Å²) >= 11 is 0. The third kappa shape index (κ3) is 5.44. The molecule has 3 heteroatoms. The van der Waals surface area contributed by atoms with Crippen LogP contribution in [0.15, 0.2) is 60.7 Å².